The van der Waals surface area contributed by atoms with Gasteiger partial charge < -0.3 is 19.4 Å². The van der Waals surface area contributed by atoms with E-state index in [1.54, 1.807) is 0 Å². The number of alkyl halides is 2. The van der Waals surface area contributed by atoms with Crippen LogP contribution >= 0.6 is 23.2 Å². The summed E-state index contributed by atoms with van der Waals surface area (Å²) in [7, 11) is 2.83. The molecule has 2 aromatic heterocycles. The van der Waals surface area contributed by atoms with Gasteiger partial charge in [0.15, 0.2) is 0 Å². The fourth-order valence-electron chi connectivity index (χ4n) is 6.41. The summed E-state index contributed by atoms with van der Waals surface area (Å²) < 4.78 is 9.73. The van der Waals surface area contributed by atoms with Crippen LogP contribution in [0.25, 0.3) is 12.2 Å². The van der Waals surface area contributed by atoms with E-state index in [-0.39, 0.29) is 11.9 Å². The van der Waals surface area contributed by atoms with Crippen LogP contribution in [-0.2, 0) is 31.9 Å². The summed E-state index contributed by atoms with van der Waals surface area (Å²) in [5.74, 6) is 0.516. The van der Waals surface area contributed by atoms with Gasteiger partial charge in [-0.3, -0.25) is 19.6 Å². The van der Waals surface area contributed by atoms with E-state index in [2.05, 4.69) is 49.8 Å². The molecule has 4 heterocycles. The number of methoxy groups -OCH3 is 2. The first-order valence-electron chi connectivity index (χ1n) is 16.0. The molecule has 8 nitrogen and oxygen atoms in total. The monoisotopic (exact) mass is 680 g/mol. The van der Waals surface area contributed by atoms with Crippen LogP contribution in [0.15, 0.2) is 43.7 Å². The lowest BCUT2D eigenvalue weighted by molar-refractivity contribution is -0.141. The van der Waals surface area contributed by atoms with E-state index in [1.165, 1.54) is 14.2 Å². The van der Waals surface area contributed by atoms with Gasteiger partial charge in [0.2, 0.25) is 0 Å². The number of carbonyl (C=O) groups is 2. The molecule has 4 rings (SSSR count). The van der Waals surface area contributed by atoms with E-state index in [9.17, 15) is 9.59 Å². The number of carbonyl (C=O) groups excluding carboxylic acids is 2. The molecule has 0 saturated heterocycles. The van der Waals surface area contributed by atoms with Crippen molar-refractivity contribution >= 4 is 58.7 Å². The number of rotatable bonds is 14. The third kappa shape index (κ3) is 8.10. The van der Waals surface area contributed by atoms with Crippen molar-refractivity contribution in [1.29, 1.82) is 0 Å². The SMILES string of the molecule is COC(=O)CCc1c(C)[nH]c(/C=C2\N=C(CC3=N/C(=C\c4[nH]c(C)c(C)c4CCC(=O)OC)C(C)=C3CCCl)C(C)=C2CCCl)c1C. The molecule has 47 heavy (non-hydrogen) atoms. The molecule has 0 spiro atoms. The maximum atomic E-state index is 11.9. The quantitative estimate of drug-likeness (QED) is 0.154. The first-order chi connectivity index (χ1) is 22.4. The number of halogens is 2. The number of allylic oxidation sites excluding steroid dienone is 4. The number of aromatic amines is 2. The van der Waals surface area contributed by atoms with E-state index in [0.717, 1.165) is 90.1 Å². The normalized spacial score (nSPS) is 16.6. The van der Waals surface area contributed by atoms with Crippen LogP contribution in [0, 0.1) is 27.7 Å². The lowest BCUT2D eigenvalue weighted by Crippen LogP contribution is -2.10. The molecule has 0 atom stereocenters. The summed E-state index contributed by atoms with van der Waals surface area (Å²) in [6.07, 6.45) is 7.99. The smallest absolute Gasteiger partial charge is 0.305 e. The fourth-order valence-corrected chi connectivity index (χ4v) is 6.79. The second-order valence-electron chi connectivity index (χ2n) is 12.1. The Morgan fingerprint density at radius 3 is 1.83 bits per heavy atom. The van der Waals surface area contributed by atoms with E-state index >= 15 is 0 Å². The Bertz CT molecular complexity index is 1750. The molecule has 2 aliphatic heterocycles. The molecule has 0 saturated carbocycles. The van der Waals surface area contributed by atoms with Gasteiger partial charge in [0, 0.05) is 53.8 Å². The Morgan fingerprint density at radius 1 is 0.660 bits per heavy atom. The Morgan fingerprint density at radius 2 is 1.21 bits per heavy atom. The molecular formula is C37H46Cl2N4O4. The summed E-state index contributed by atoms with van der Waals surface area (Å²) in [5.41, 5.74) is 16.7. The number of nitrogens with zero attached hydrogens (tertiary/aromatic N) is 2. The van der Waals surface area contributed by atoms with Crippen LogP contribution in [-0.4, -0.2) is 59.3 Å². The lowest BCUT2D eigenvalue weighted by Gasteiger charge is -2.08. The van der Waals surface area contributed by atoms with Crippen LogP contribution in [0.3, 0.4) is 0 Å². The summed E-state index contributed by atoms with van der Waals surface area (Å²) >= 11 is 12.6. The third-order valence-electron chi connectivity index (χ3n) is 9.38. The number of aliphatic imine (C=N–C) groups is 2. The van der Waals surface area contributed by atoms with E-state index < -0.39 is 0 Å². The predicted molar refractivity (Wildman–Crippen MR) is 193 cm³/mol. The van der Waals surface area contributed by atoms with Gasteiger partial charge >= 0.3 is 11.9 Å². The summed E-state index contributed by atoms with van der Waals surface area (Å²) in [6, 6.07) is 0. The minimum atomic E-state index is -0.230. The number of aryl methyl sites for hydroxylation is 2. The van der Waals surface area contributed by atoms with Crippen molar-refractivity contribution in [3.63, 3.8) is 0 Å². The van der Waals surface area contributed by atoms with Gasteiger partial charge in [-0.1, -0.05) is 0 Å². The number of aromatic nitrogens is 2. The Hall–Kier alpha value is -3.62. The molecule has 0 radical (unpaired) electrons. The standard InChI is InChI=1S/C37H46Cl2N4O4/c1-20-24(5)40-33(27(20)10-12-37(45)47-8)18-31-22(3)29(14-16-39)35(42-31)19-32-23(4)28(13-15-38)34(43-32)17-30-21(2)26(25(6)41-30)9-11-36(44)46-7/h17-18,40-41H,9-16,19H2,1-8H3/b31-18-,34-17-. The zero-order valence-corrected chi connectivity index (χ0v) is 30.3. The zero-order chi connectivity index (χ0) is 34.4. The van der Waals surface area contributed by atoms with Crippen LogP contribution < -0.4 is 0 Å². The maximum Gasteiger partial charge on any atom is 0.305 e. The summed E-state index contributed by atoms with van der Waals surface area (Å²) in [4.78, 5) is 41.0. The number of esters is 2. The molecule has 2 aliphatic rings. The number of hydrogen-bond acceptors (Lipinski definition) is 6. The second-order valence-corrected chi connectivity index (χ2v) is 12.9. The van der Waals surface area contributed by atoms with E-state index in [4.69, 9.17) is 42.7 Å². The molecule has 10 heteroatoms. The van der Waals surface area contributed by atoms with Crippen molar-refractivity contribution in [3.05, 3.63) is 78.7 Å². The van der Waals surface area contributed by atoms with Gasteiger partial charge in [-0.05, 0) is 124 Å². The Balaban J connectivity index is 1.69. The van der Waals surface area contributed by atoms with Gasteiger partial charge in [0.25, 0.3) is 0 Å². The Labute approximate surface area is 288 Å². The van der Waals surface area contributed by atoms with Crippen molar-refractivity contribution < 1.29 is 19.1 Å². The van der Waals surface area contributed by atoms with Crippen molar-refractivity contribution in [2.24, 2.45) is 9.98 Å². The van der Waals surface area contributed by atoms with E-state index in [1.807, 2.05) is 13.8 Å². The maximum absolute atomic E-state index is 11.9. The second kappa shape index (κ2) is 16.0. The predicted octanol–water partition coefficient (Wildman–Crippen LogP) is 8.36. The molecule has 0 bridgehead atoms. The highest BCUT2D eigenvalue weighted by Gasteiger charge is 2.27. The topological polar surface area (TPSA) is 109 Å². The molecule has 0 aliphatic carbocycles. The molecule has 0 unspecified atom stereocenters. The number of H-pyrrole nitrogens is 2. The molecular weight excluding hydrogens is 635 g/mol. The molecule has 2 N–H and O–H groups in total. The minimum absolute atomic E-state index is 0.222. The highest BCUT2D eigenvalue weighted by atomic mass is 35.5. The molecule has 0 aromatic carbocycles. The van der Waals surface area contributed by atoms with Crippen molar-refractivity contribution in [2.75, 3.05) is 26.0 Å². The number of hydrogen-bond donors (Lipinski definition) is 2. The van der Waals surface area contributed by atoms with Gasteiger partial charge in [-0.25, -0.2) is 0 Å². The lowest BCUT2D eigenvalue weighted by atomic mass is 9.95. The highest BCUT2D eigenvalue weighted by Crippen LogP contribution is 2.36. The fraction of sp³-hybridized carbons (Fsp3) is 0.459. The zero-order valence-electron chi connectivity index (χ0n) is 28.8. The molecule has 252 valence electrons. The van der Waals surface area contributed by atoms with Gasteiger partial charge in [0.1, 0.15) is 0 Å². The molecule has 2 aromatic rings. The largest absolute Gasteiger partial charge is 0.469 e. The average Bonchev–Trinajstić information content (AvgIpc) is 3.69. The van der Waals surface area contributed by atoms with Crippen molar-refractivity contribution in [1.82, 2.24) is 9.97 Å². The van der Waals surface area contributed by atoms with Crippen LogP contribution in [0.2, 0.25) is 0 Å². The third-order valence-corrected chi connectivity index (χ3v) is 9.76. The average molecular weight is 682 g/mol. The van der Waals surface area contributed by atoms with Crippen LogP contribution in [0.4, 0.5) is 0 Å². The number of nitrogens with one attached hydrogen (secondary N) is 2. The van der Waals surface area contributed by atoms with E-state index in [0.29, 0.717) is 56.7 Å². The molecule has 0 amide bonds. The van der Waals surface area contributed by atoms with Crippen molar-refractivity contribution in [2.45, 2.75) is 86.5 Å². The van der Waals surface area contributed by atoms with Crippen LogP contribution in [0.5, 0.6) is 0 Å². The number of ether oxygens (including phenoxy) is 2. The minimum Gasteiger partial charge on any atom is -0.469 e. The Kier molecular flexibility index (Phi) is 12.3. The highest BCUT2D eigenvalue weighted by molar-refractivity contribution is 6.23. The molecule has 0 fully saturated rings. The van der Waals surface area contributed by atoms with Gasteiger partial charge in [0.05, 0.1) is 37.0 Å². The van der Waals surface area contributed by atoms with Gasteiger partial charge in [-0.2, -0.15) is 0 Å². The first kappa shape index (κ1) is 36.2. The van der Waals surface area contributed by atoms with Crippen molar-refractivity contribution in [3.8, 4) is 0 Å². The summed E-state index contributed by atoms with van der Waals surface area (Å²) in [6.45, 7) is 12.4. The first-order valence-corrected chi connectivity index (χ1v) is 17.1. The van der Waals surface area contributed by atoms with Crippen LogP contribution in [0.1, 0.15) is 91.0 Å². The van der Waals surface area contributed by atoms with Gasteiger partial charge in [-0.15, -0.1) is 23.2 Å². The summed E-state index contributed by atoms with van der Waals surface area (Å²) in [5, 5.41) is 0.